The first-order chi connectivity index (χ1) is 11.3. The fourth-order valence-electron chi connectivity index (χ4n) is 2.64. The predicted molar refractivity (Wildman–Crippen MR) is 91.5 cm³/mol. The van der Waals surface area contributed by atoms with E-state index in [1.807, 2.05) is 13.8 Å². The normalized spacial score (nSPS) is 11.2. The quantitative estimate of drug-likeness (QED) is 0.752. The molecular weight excluding hydrogens is 324 g/mol. The fraction of sp³-hybridized carbons (Fsp3) is 0.333. The van der Waals surface area contributed by atoms with Gasteiger partial charge in [-0.25, -0.2) is 12.4 Å². The largest absolute Gasteiger partial charge is 0.291 e. The number of ketones is 1. The Labute approximate surface area is 142 Å². The first-order valence-corrected chi connectivity index (χ1v) is 9.20. The highest BCUT2D eigenvalue weighted by molar-refractivity contribution is 7.90. The van der Waals surface area contributed by atoms with Crippen molar-refractivity contribution in [3.63, 3.8) is 0 Å². The lowest BCUT2D eigenvalue weighted by atomic mass is 10.1. The van der Waals surface area contributed by atoms with E-state index < -0.39 is 15.8 Å². The highest BCUT2D eigenvalue weighted by Gasteiger charge is 2.27. The number of aryl methyl sites for hydroxylation is 2. The Balaban J connectivity index is 2.69. The van der Waals surface area contributed by atoms with Gasteiger partial charge in [0.15, 0.2) is 5.78 Å². The average molecular weight is 344 g/mol. The topological polar surface area (TPSA) is 79.9 Å². The van der Waals surface area contributed by atoms with E-state index in [-0.39, 0.29) is 17.0 Å². The molecule has 0 amide bonds. The van der Waals surface area contributed by atoms with E-state index in [1.54, 1.807) is 31.2 Å². The molecule has 0 N–H and O–H groups in total. The van der Waals surface area contributed by atoms with Crippen LogP contribution in [0.1, 0.15) is 47.1 Å². The molecule has 1 aromatic carbocycles. The van der Waals surface area contributed by atoms with Gasteiger partial charge in [0.2, 0.25) is 0 Å². The van der Waals surface area contributed by atoms with Crippen LogP contribution in [0.3, 0.4) is 0 Å². The van der Waals surface area contributed by atoms with Gasteiger partial charge in [0.05, 0.1) is 11.0 Å². The van der Waals surface area contributed by atoms with Crippen LogP contribution < -0.4 is 0 Å². The summed E-state index contributed by atoms with van der Waals surface area (Å²) in [6.45, 7) is 5.56. The van der Waals surface area contributed by atoms with Gasteiger partial charge in [-0.15, -0.1) is 0 Å². The molecule has 2 aromatic rings. The number of hydrogen-bond donors (Lipinski definition) is 0. The molecule has 0 spiro atoms. The minimum Gasteiger partial charge on any atom is -0.291 e. The van der Waals surface area contributed by atoms with Crippen LogP contribution in [0.4, 0.5) is 0 Å². The molecule has 0 aliphatic rings. The minimum atomic E-state index is -3.89. The van der Waals surface area contributed by atoms with Crippen molar-refractivity contribution in [1.82, 2.24) is 3.97 Å². The Hall–Kier alpha value is -2.39. The summed E-state index contributed by atoms with van der Waals surface area (Å²) in [6, 6.07) is 9.89. The summed E-state index contributed by atoms with van der Waals surface area (Å²) in [5, 5.41) is 8.79. The molecule has 0 bridgehead atoms. The highest BCUT2D eigenvalue weighted by atomic mass is 32.2. The second-order valence-corrected chi connectivity index (χ2v) is 7.52. The van der Waals surface area contributed by atoms with Gasteiger partial charge < -0.3 is 0 Å². The number of Topliss-reactive ketones (excluding diaryl/α,β-unsaturated/α-hetero) is 1. The maximum atomic E-state index is 13.0. The summed E-state index contributed by atoms with van der Waals surface area (Å²) in [5.41, 5.74) is 2.34. The molecule has 0 unspecified atom stereocenters. The zero-order valence-corrected chi connectivity index (χ0v) is 14.9. The van der Waals surface area contributed by atoms with Crippen LogP contribution in [-0.2, 0) is 16.4 Å². The van der Waals surface area contributed by atoms with Gasteiger partial charge in [-0.05, 0) is 44.0 Å². The molecule has 0 saturated carbocycles. The molecular formula is C18H20N2O3S. The molecule has 126 valence electrons. The molecule has 0 aliphatic carbocycles. The molecule has 6 heteroatoms. The zero-order chi connectivity index (χ0) is 17.9. The Morgan fingerprint density at radius 3 is 2.38 bits per heavy atom. The van der Waals surface area contributed by atoms with Crippen molar-refractivity contribution in [3.8, 4) is 6.07 Å². The predicted octanol–water partition coefficient (Wildman–Crippen LogP) is 3.39. The molecule has 0 radical (unpaired) electrons. The van der Waals surface area contributed by atoms with Gasteiger partial charge in [0, 0.05) is 5.69 Å². The average Bonchev–Trinajstić information content (AvgIpc) is 2.86. The van der Waals surface area contributed by atoms with Crippen molar-refractivity contribution in [2.24, 2.45) is 0 Å². The first-order valence-electron chi connectivity index (χ1n) is 7.76. The van der Waals surface area contributed by atoms with Crippen LogP contribution in [-0.4, -0.2) is 18.2 Å². The third kappa shape index (κ3) is 3.26. The second-order valence-electron chi connectivity index (χ2n) is 5.73. The summed E-state index contributed by atoms with van der Waals surface area (Å²) >= 11 is 0. The van der Waals surface area contributed by atoms with Crippen LogP contribution in [0.15, 0.2) is 35.2 Å². The molecule has 0 atom stereocenters. The smallest absolute Gasteiger partial charge is 0.268 e. The number of carbonyl (C=O) groups is 1. The summed E-state index contributed by atoms with van der Waals surface area (Å²) in [4.78, 5) is 12.4. The number of benzene rings is 1. The number of aromatic nitrogens is 1. The third-order valence-corrected chi connectivity index (χ3v) is 5.72. The van der Waals surface area contributed by atoms with E-state index in [9.17, 15) is 13.2 Å². The molecule has 2 rings (SSSR count). The summed E-state index contributed by atoms with van der Waals surface area (Å²) in [6.07, 6.45) is 1.16. The maximum Gasteiger partial charge on any atom is 0.268 e. The van der Waals surface area contributed by atoms with Gasteiger partial charge in [-0.2, -0.15) is 5.26 Å². The van der Waals surface area contributed by atoms with E-state index in [4.69, 9.17) is 5.26 Å². The molecule has 1 aromatic heterocycles. The number of nitrogens with zero attached hydrogens (tertiary/aromatic N) is 2. The van der Waals surface area contributed by atoms with Gasteiger partial charge in [0.1, 0.15) is 12.1 Å². The Morgan fingerprint density at radius 1 is 1.21 bits per heavy atom. The van der Waals surface area contributed by atoms with E-state index in [2.05, 4.69) is 0 Å². The standard InChI is InChI=1S/C18H20N2O3S/c1-4-5-15-12-17(18(21)10-11-19)20(14(15)3)24(22,23)16-8-6-13(2)7-9-16/h6-9,12H,4-5,10H2,1-3H3. The Bertz CT molecular complexity index is 901. The van der Waals surface area contributed by atoms with Crippen LogP contribution in [0, 0.1) is 25.2 Å². The monoisotopic (exact) mass is 344 g/mol. The number of hydrogen-bond acceptors (Lipinski definition) is 4. The second kappa shape index (κ2) is 7.02. The van der Waals surface area contributed by atoms with Crippen LogP contribution in [0.2, 0.25) is 0 Å². The van der Waals surface area contributed by atoms with E-state index in [0.717, 1.165) is 21.5 Å². The zero-order valence-electron chi connectivity index (χ0n) is 14.0. The van der Waals surface area contributed by atoms with Gasteiger partial charge in [-0.1, -0.05) is 31.0 Å². The Kier molecular flexibility index (Phi) is 5.25. The lowest BCUT2D eigenvalue weighted by Gasteiger charge is -2.12. The Morgan fingerprint density at radius 2 is 1.83 bits per heavy atom. The van der Waals surface area contributed by atoms with Crippen molar-refractivity contribution >= 4 is 15.8 Å². The highest BCUT2D eigenvalue weighted by Crippen LogP contribution is 2.25. The molecule has 1 heterocycles. The van der Waals surface area contributed by atoms with Crippen molar-refractivity contribution in [2.45, 2.75) is 44.9 Å². The first kappa shape index (κ1) is 18.0. The van der Waals surface area contributed by atoms with E-state index in [1.165, 1.54) is 12.1 Å². The maximum absolute atomic E-state index is 13.0. The molecule has 0 aliphatic heterocycles. The van der Waals surface area contributed by atoms with Crippen LogP contribution in [0.25, 0.3) is 0 Å². The minimum absolute atomic E-state index is 0.0538. The van der Waals surface area contributed by atoms with Gasteiger partial charge in [0.25, 0.3) is 10.0 Å². The molecule has 0 fully saturated rings. The third-order valence-electron chi connectivity index (χ3n) is 3.90. The fourth-order valence-corrected chi connectivity index (χ4v) is 4.23. The van der Waals surface area contributed by atoms with Crippen LogP contribution in [0.5, 0.6) is 0 Å². The van der Waals surface area contributed by atoms with Gasteiger partial charge in [-0.3, -0.25) is 4.79 Å². The lowest BCUT2D eigenvalue weighted by Crippen LogP contribution is -2.19. The van der Waals surface area contributed by atoms with Gasteiger partial charge >= 0.3 is 0 Å². The molecule has 5 nitrogen and oxygen atoms in total. The number of rotatable bonds is 6. The van der Waals surface area contributed by atoms with Crippen molar-refractivity contribution < 1.29 is 13.2 Å². The van der Waals surface area contributed by atoms with E-state index >= 15 is 0 Å². The summed E-state index contributed by atoms with van der Waals surface area (Å²) in [5.74, 6) is -0.487. The van der Waals surface area contributed by atoms with Crippen molar-refractivity contribution in [2.75, 3.05) is 0 Å². The number of carbonyl (C=O) groups excluding carboxylic acids is 1. The van der Waals surface area contributed by atoms with Crippen LogP contribution >= 0.6 is 0 Å². The summed E-state index contributed by atoms with van der Waals surface area (Å²) in [7, 11) is -3.89. The lowest BCUT2D eigenvalue weighted by molar-refractivity contribution is 0.0992. The van der Waals surface area contributed by atoms with E-state index in [0.29, 0.717) is 12.1 Å². The molecule has 0 saturated heterocycles. The summed E-state index contributed by atoms with van der Waals surface area (Å²) < 4.78 is 27.2. The number of nitriles is 1. The molecule has 24 heavy (non-hydrogen) atoms. The SMILES string of the molecule is CCCc1cc(C(=O)CC#N)n(S(=O)(=O)c2ccc(C)cc2)c1C. The van der Waals surface area contributed by atoms with Crippen molar-refractivity contribution in [3.05, 3.63) is 52.8 Å². The van der Waals surface area contributed by atoms with Crippen molar-refractivity contribution in [1.29, 1.82) is 5.26 Å².